The summed E-state index contributed by atoms with van der Waals surface area (Å²) in [5, 5.41) is 0. The van der Waals surface area contributed by atoms with Crippen molar-refractivity contribution in [2.24, 2.45) is 0 Å². The van der Waals surface area contributed by atoms with Gasteiger partial charge in [-0.1, -0.05) is 18.2 Å². The van der Waals surface area contributed by atoms with Crippen molar-refractivity contribution < 1.29 is 9.53 Å². The van der Waals surface area contributed by atoms with Crippen LogP contribution >= 0.6 is 9.24 Å². The van der Waals surface area contributed by atoms with Crippen LogP contribution in [0.2, 0.25) is 0 Å². The number of hydrogen-bond donors (Lipinski definition) is 0. The number of esters is 1. The zero-order valence-corrected chi connectivity index (χ0v) is 7.14. The van der Waals surface area contributed by atoms with Gasteiger partial charge in [-0.15, -0.1) is 9.24 Å². The number of benzene rings is 1. The number of carbonyl (C=O) groups is 1. The SMILES string of the molecule is O=C(CP)Oc1ccccc1. The molecule has 0 aliphatic heterocycles. The Balaban J connectivity index is 2.58. The van der Waals surface area contributed by atoms with Crippen LogP contribution in [0.4, 0.5) is 0 Å². The molecule has 1 unspecified atom stereocenters. The minimum Gasteiger partial charge on any atom is -0.426 e. The average Bonchev–Trinajstić information content (AvgIpc) is 2.06. The lowest BCUT2D eigenvalue weighted by Gasteiger charge is -1.99. The second kappa shape index (κ2) is 4.09. The molecule has 0 bridgehead atoms. The lowest BCUT2D eigenvalue weighted by Crippen LogP contribution is -2.08. The molecule has 1 atom stereocenters. The third-order valence-electron chi connectivity index (χ3n) is 1.14. The molecule has 0 radical (unpaired) electrons. The first-order valence-electron chi connectivity index (χ1n) is 3.28. The summed E-state index contributed by atoms with van der Waals surface area (Å²) >= 11 is 0. The Hall–Kier alpha value is -0.880. The summed E-state index contributed by atoms with van der Waals surface area (Å²) in [4.78, 5) is 10.7. The van der Waals surface area contributed by atoms with Gasteiger partial charge in [0.15, 0.2) is 0 Å². The van der Waals surface area contributed by atoms with Crippen LogP contribution in [0.1, 0.15) is 0 Å². The third-order valence-corrected chi connectivity index (χ3v) is 1.47. The van der Waals surface area contributed by atoms with Crippen LogP contribution in [-0.4, -0.2) is 12.1 Å². The monoisotopic (exact) mass is 168 g/mol. The zero-order chi connectivity index (χ0) is 8.10. The Morgan fingerprint density at radius 1 is 1.36 bits per heavy atom. The van der Waals surface area contributed by atoms with E-state index in [4.69, 9.17) is 4.74 Å². The quantitative estimate of drug-likeness (QED) is 0.379. The van der Waals surface area contributed by atoms with E-state index in [1.807, 2.05) is 18.2 Å². The van der Waals surface area contributed by atoms with Gasteiger partial charge in [0.25, 0.3) is 0 Å². The number of hydrogen-bond acceptors (Lipinski definition) is 2. The molecule has 58 valence electrons. The minimum atomic E-state index is -0.235. The van der Waals surface area contributed by atoms with Crippen molar-refractivity contribution in [3.05, 3.63) is 30.3 Å². The van der Waals surface area contributed by atoms with Crippen LogP contribution in [0.25, 0.3) is 0 Å². The van der Waals surface area contributed by atoms with Crippen molar-refractivity contribution in [2.45, 2.75) is 0 Å². The molecule has 0 fully saturated rings. The summed E-state index contributed by atoms with van der Waals surface area (Å²) < 4.78 is 4.90. The smallest absolute Gasteiger partial charge is 0.315 e. The Labute approximate surface area is 67.8 Å². The Morgan fingerprint density at radius 2 is 2.00 bits per heavy atom. The fourth-order valence-corrected chi connectivity index (χ4v) is 0.745. The molecule has 3 heteroatoms. The van der Waals surface area contributed by atoms with Crippen molar-refractivity contribution in [1.29, 1.82) is 0 Å². The van der Waals surface area contributed by atoms with Gasteiger partial charge in [-0.2, -0.15) is 0 Å². The lowest BCUT2D eigenvalue weighted by atomic mass is 10.3. The van der Waals surface area contributed by atoms with Crippen LogP contribution in [0.5, 0.6) is 5.75 Å². The van der Waals surface area contributed by atoms with E-state index < -0.39 is 0 Å². The van der Waals surface area contributed by atoms with Crippen LogP contribution in [0, 0.1) is 0 Å². The summed E-state index contributed by atoms with van der Waals surface area (Å²) in [5.41, 5.74) is 0. The summed E-state index contributed by atoms with van der Waals surface area (Å²) in [7, 11) is 2.32. The number of carbonyl (C=O) groups excluding carboxylic acids is 1. The number of para-hydroxylation sites is 1. The van der Waals surface area contributed by atoms with Crippen molar-refractivity contribution in [2.75, 3.05) is 6.16 Å². The van der Waals surface area contributed by atoms with E-state index in [9.17, 15) is 4.79 Å². The Kier molecular flexibility index (Phi) is 3.06. The summed E-state index contributed by atoms with van der Waals surface area (Å²) in [6.45, 7) is 0. The van der Waals surface area contributed by atoms with Gasteiger partial charge in [-0.3, -0.25) is 4.79 Å². The Bertz CT molecular complexity index is 233. The van der Waals surface area contributed by atoms with E-state index in [0.29, 0.717) is 11.9 Å². The maximum Gasteiger partial charge on any atom is 0.315 e. The molecule has 0 heterocycles. The third kappa shape index (κ3) is 2.69. The van der Waals surface area contributed by atoms with E-state index in [1.54, 1.807) is 12.1 Å². The molecule has 0 N–H and O–H groups in total. The molecule has 0 aromatic heterocycles. The van der Waals surface area contributed by atoms with E-state index in [1.165, 1.54) is 0 Å². The molecule has 2 nitrogen and oxygen atoms in total. The van der Waals surface area contributed by atoms with E-state index >= 15 is 0 Å². The molecule has 0 spiro atoms. The minimum absolute atomic E-state index is 0.235. The molecule has 1 rings (SSSR count). The first kappa shape index (κ1) is 8.22. The summed E-state index contributed by atoms with van der Waals surface area (Å²) in [5.74, 6) is 0.362. The van der Waals surface area contributed by atoms with Gasteiger partial charge < -0.3 is 4.74 Å². The van der Waals surface area contributed by atoms with Crippen molar-refractivity contribution in [3.8, 4) is 5.75 Å². The number of ether oxygens (including phenoxy) is 1. The fourth-order valence-electron chi connectivity index (χ4n) is 0.662. The first-order chi connectivity index (χ1) is 5.33. The second-order valence-corrected chi connectivity index (χ2v) is 2.40. The predicted octanol–water partition coefficient (Wildman–Crippen LogP) is 1.47. The summed E-state index contributed by atoms with van der Waals surface area (Å²) in [6, 6.07) is 9.02. The standard InChI is InChI=1S/C8H9O2P/c9-8(6-11)10-7-4-2-1-3-5-7/h1-5H,6,11H2. The fraction of sp³-hybridized carbons (Fsp3) is 0.125. The van der Waals surface area contributed by atoms with Crippen LogP contribution < -0.4 is 4.74 Å². The van der Waals surface area contributed by atoms with Crippen LogP contribution in [0.15, 0.2) is 30.3 Å². The maximum atomic E-state index is 10.7. The largest absolute Gasteiger partial charge is 0.426 e. The molecule has 1 aromatic carbocycles. The van der Waals surface area contributed by atoms with Gasteiger partial charge in [0.05, 0.1) is 6.16 Å². The molecule has 0 saturated carbocycles. The van der Waals surface area contributed by atoms with E-state index in [0.717, 1.165) is 0 Å². The van der Waals surface area contributed by atoms with Crippen molar-refractivity contribution in [3.63, 3.8) is 0 Å². The molecular weight excluding hydrogens is 159 g/mol. The highest BCUT2D eigenvalue weighted by Crippen LogP contribution is 2.08. The highest BCUT2D eigenvalue weighted by atomic mass is 31.0. The highest BCUT2D eigenvalue weighted by molar-refractivity contribution is 7.18. The molecule has 0 aliphatic carbocycles. The van der Waals surface area contributed by atoms with Gasteiger partial charge in [0.1, 0.15) is 5.75 Å². The molecule has 0 amide bonds. The molecule has 0 saturated heterocycles. The van der Waals surface area contributed by atoms with E-state index in [-0.39, 0.29) is 5.97 Å². The number of rotatable bonds is 2. The maximum absolute atomic E-state index is 10.7. The van der Waals surface area contributed by atoms with Gasteiger partial charge >= 0.3 is 5.97 Å². The van der Waals surface area contributed by atoms with Crippen molar-refractivity contribution >= 4 is 15.2 Å². The van der Waals surface area contributed by atoms with Gasteiger partial charge in [0, 0.05) is 0 Å². The van der Waals surface area contributed by atoms with Gasteiger partial charge in [-0.25, -0.2) is 0 Å². The molecular formula is C8H9O2P. The lowest BCUT2D eigenvalue weighted by molar-refractivity contribution is -0.131. The second-order valence-electron chi connectivity index (χ2n) is 1.99. The van der Waals surface area contributed by atoms with Crippen LogP contribution in [0.3, 0.4) is 0 Å². The van der Waals surface area contributed by atoms with E-state index in [2.05, 4.69) is 9.24 Å². The van der Waals surface area contributed by atoms with Crippen LogP contribution in [-0.2, 0) is 4.79 Å². The average molecular weight is 168 g/mol. The first-order valence-corrected chi connectivity index (χ1v) is 4.10. The topological polar surface area (TPSA) is 26.3 Å². The zero-order valence-electron chi connectivity index (χ0n) is 5.99. The normalized spacial score (nSPS) is 9.18. The Morgan fingerprint density at radius 3 is 2.55 bits per heavy atom. The molecule has 1 aromatic rings. The van der Waals surface area contributed by atoms with Gasteiger partial charge in [0.2, 0.25) is 0 Å². The predicted molar refractivity (Wildman–Crippen MR) is 46.7 cm³/mol. The molecule has 0 aliphatic rings. The van der Waals surface area contributed by atoms with Crippen molar-refractivity contribution in [1.82, 2.24) is 0 Å². The van der Waals surface area contributed by atoms with Gasteiger partial charge in [-0.05, 0) is 12.1 Å². The highest BCUT2D eigenvalue weighted by Gasteiger charge is 1.98. The summed E-state index contributed by atoms with van der Waals surface area (Å²) in [6.07, 6.45) is 0.328. The molecule has 11 heavy (non-hydrogen) atoms.